The molecule has 1 saturated heterocycles. The summed E-state index contributed by atoms with van der Waals surface area (Å²) in [5.74, 6) is 0.854. The first-order valence-corrected chi connectivity index (χ1v) is 10.2. The second kappa shape index (κ2) is 9.10. The molecule has 1 fully saturated rings. The van der Waals surface area contributed by atoms with Gasteiger partial charge < -0.3 is 10.2 Å². The van der Waals surface area contributed by atoms with Crippen molar-refractivity contribution in [2.45, 2.75) is 25.0 Å². The maximum atomic E-state index is 12.1. The van der Waals surface area contributed by atoms with Crippen LogP contribution in [0.15, 0.2) is 23.2 Å². The van der Waals surface area contributed by atoms with E-state index < -0.39 is 14.6 Å². The van der Waals surface area contributed by atoms with Crippen molar-refractivity contribution in [3.8, 4) is 0 Å². The Hall–Kier alpha value is -0.250. The van der Waals surface area contributed by atoms with E-state index in [-0.39, 0.29) is 29.7 Å². The summed E-state index contributed by atoms with van der Waals surface area (Å²) in [5, 5.41) is 4.54. The average Bonchev–Trinajstić information content (AvgIpc) is 2.49. The van der Waals surface area contributed by atoms with E-state index >= 15 is 0 Å². The first-order chi connectivity index (χ1) is 11.2. The van der Waals surface area contributed by atoms with Crippen LogP contribution in [0.1, 0.15) is 19.4 Å². The van der Waals surface area contributed by atoms with Crippen LogP contribution in [0.5, 0.6) is 0 Å². The Bertz CT molecular complexity index is 739. The molecule has 0 spiro atoms. The van der Waals surface area contributed by atoms with Crippen LogP contribution in [-0.2, 0) is 16.3 Å². The molecule has 5 nitrogen and oxygen atoms in total. The van der Waals surface area contributed by atoms with Crippen molar-refractivity contribution in [1.82, 2.24) is 10.2 Å². The highest BCUT2D eigenvalue weighted by Crippen LogP contribution is 2.24. The number of hydrogen-bond acceptors (Lipinski definition) is 3. The van der Waals surface area contributed by atoms with Gasteiger partial charge in [-0.15, -0.1) is 24.0 Å². The fraction of sp³-hybridized carbons (Fsp3) is 0.562. The summed E-state index contributed by atoms with van der Waals surface area (Å²) in [6.07, 6.45) is 0.727. The Morgan fingerprint density at radius 2 is 2.04 bits per heavy atom. The lowest BCUT2D eigenvalue weighted by atomic mass is 10.1. The number of halogens is 3. The molecule has 0 saturated carbocycles. The zero-order valence-corrected chi connectivity index (χ0v) is 19.2. The number of guanidine groups is 1. The van der Waals surface area contributed by atoms with E-state index in [0.29, 0.717) is 35.6 Å². The Kier molecular flexibility index (Phi) is 8.30. The fourth-order valence-corrected chi connectivity index (χ4v) is 4.56. The van der Waals surface area contributed by atoms with Gasteiger partial charge in [0.25, 0.3) is 0 Å². The standard InChI is InChI=1S/C16H23Cl2N3O2S.HI/c1-16(2)11-21(8-9-24(16,22)23)15(19-3)20-7-6-12-4-5-13(17)10-14(12)18;/h4-5,10H,6-9,11H2,1-3H3,(H,19,20);1H. The fourth-order valence-electron chi connectivity index (χ4n) is 2.69. The van der Waals surface area contributed by atoms with Crippen LogP contribution in [-0.4, -0.2) is 56.5 Å². The van der Waals surface area contributed by atoms with Gasteiger partial charge in [-0.1, -0.05) is 29.3 Å². The number of aliphatic imine (C=N–C) groups is 1. The maximum Gasteiger partial charge on any atom is 0.193 e. The quantitative estimate of drug-likeness (QED) is 0.378. The minimum absolute atomic E-state index is 0. The van der Waals surface area contributed by atoms with Crippen LogP contribution in [0.25, 0.3) is 0 Å². The number of rotatable bonds is 3. The predicted molar refractivity (Wildman–Crippen MR) is 116 cm³/mol. The van der Waals surface area contributed by atoms with Gasteiger partial charge in [0.2, 0.25) is 0 Å². The van der Waals surface area contributed by atoms with Gasteiger partial charge in [-0.05, 0) is 38.0 Å². The Morgan fingerprint density at radius 3 is 2.60 bits per heavy atom. The summed E-state index contributed by atoms with van der Waals surface area (Å²) in [7, 11) is -1.36. The number of sulfone groups is 1. The molecule has 0 bridgehead atoms. The second-order valence-corrected chi connectivity index (χ2v) is 10.0. The Morgan fingerprint density at radius 1 is 1.36 bits per heavy atom. The summed E-state index contributed by atoms with van der Waals surface area (Å²) >= 11 is 12.1. The van der Waals surface area contributed by atoms with Crippen LogP contribution < -0.4 is 5.32 Å². The van der Waals surface area contributed by atoms with Crippen LogP contribution in [0.2, 0.25) is 10.0 Å². The lowest BCUT2D eigenvalue weighted by Crippen LogP contribution is -2.57. The van der Waals surface area contributed by atoms with E-state index in [0.717, 1.165) is 12.0 Å². The summed E-state index contributed by atoms with van der Waals surface area (Å²) in [6, 6.07) is 5.45. The number of benzene rings is 1. The van der Waals surface area contributed by atoms with E-state index in [1.165, 1.54) is 0 Å². The first kappa shape index (κ1) is 22.8. The molecule has 1 aliphatic heterocycles. The van der Waals surface area contributed by atoms with Crippen molar-refractivity contribution >= 4 is 63.0 Å². The highest BCUT2D eigenvalue weighted by atomic mass is 127. The molecule has 0 radical (unpaired) electrons. The van der Waals surface area contributed by atoms with Crippen molar-refractivity contribution in [2.75, 3.05) is 32.4 Å². The van der Waals surface area contributed by atoms with Crippen molar-refractivity contribution in [3.05, 3.63) is 33.8 Å². The zero-order chi connectivity index (χ0) is 18.0. The van der Waals surface area contributed by atoms with Gasteiger partial charge in [0.1, 0.15) is 0 Å². The molecular weight excluding hydrogens is 496 g/mol. The van der Waals surface area contributed by atoms with Gasteiger partial charge in [0.15, 0.2) is 15.8 Å². The van der Waals surface area contributed by atoms with Crippen LogP contribution in [0.3, 0.4) is 0 Å². The minimum Gasteiger partial charge on any atom is -0.356 e. The largest absolute Gasteiger partial charge is 0.356 e. The monoisotopic (exact) mass is 519 g/mol. The van der Waals surface area contributed by atoms with Crippen LogP contribution in [0.4, 0.5) is 0 Å². The molecule has 9 heteroatoms. The summed E-state index contributed by atoms with van der Waals surface area (Å²) in [6.45, 7) is 5.05. The molecular formula is C16H24Cl2IN3O2S. The number of nitrogens with one attached hydrogen (secondary N) is 1. The third kappa shape index (κ3) is 5.61. The average molecular weight is 520 g/mol. The van der Waals surface area contributed by atoms with Crippen molar-refractivity contribution in [1.29, 1.82) is 0 Å². The molecule has 0 aliphatic carbocycles. The Balaban J connectivity index is 0.00000312. The summed E-state index contributed by atoms with van der Waals surface area (Å²) in [4.78, 5) is 6.27. The van der Waals surface area contributed by atoms with E-state index in [1.54, 1.807) is 27.0 Å². The SMILES string of the molecule is CN=C(NCCc1ccc(Cl)cc1Cl)N1CCS(=O)(=O)C(C)(C)C1.I. The lowest BCUT2D eigenvalue weighted by molar-refractivity contribution is 0.353. The van der Waals surface area contributed by atoms with Gasteiger partial charge in [0, 0.05) is 36.7 Å². The molecule has 0 atom stereocenters. The second-order valence-electron chi connectivity index (χ2n) is 6.46. The first-order valence-electron chi connectivity index (χ1n) is 7.78. The van der Waals surface area contributed by atoms with E-state index in [2.05, 4.69) is 10.3 Å². The smallest absolute Gasteiger partial charge is 0.193 e. The molecule has 1 heterocycles. The van der Waals surface area contributed by atoms with Gasteiger partial charge in [-0.25, -0.2) is 8.42 Å². The molecule has 1 aromatic rings. The highest BCUT2D eigenvalue weighted by molar-refractivity contribution is 14.0. The highest BCUT2D eigenvalue weighted by Gasteiger charge is 2.40. The van der Waals surface area contributed by atoms with Crippen molar-refractivity contribution < 1.29 is 8.42 Å². The van der Waals surface area contributed by atoms with Gasteiger partial charge in [0.05, 0.1) is 10.5 Å². The molecule has 142 valence electrons. The Labute approximate surface area is 177 Å². The third-order valence-corrected chi connectivity index (χ3v) is 7.37. The molecule has 0 aromatic heterocycles. The minimum atomic E-state index is -3.06. The van der Waals surface area contributed by atoms with Crippen LogP contribution in [0, 0.1) is 0 Å². The normalized spacial score (nSPS) is 19.2. The van der Waals surface area contributed by atoms with Gasteiger partial charge in [-0.2, -0.15) is 0 Å². The predicted octanol–water partition coefficient (Wildman–Crippen LogP) is 3.24. The molecule has 1 aliphatic rings. The van der Waals surface area contributed by atoms with E-state index in [1.807, 2.05) is 17.0 Å². The van der Waals surface area contributed by atoms with Gasteiger partial charge >= 0.3 is 0 Å². The number of hydrogen-bond donors (Lipinski definition) is 1. The molecule has 1 N–H and O–H groups in total. The summed E-state index contributed by atoms with van der Waals surface area (Å²) < 4.78 is 23.4. The maximum absolute atomic E-state index is 12.1. The molecule has 1 aromatic carbocycles. The topological polar surface area (TPSA) is 61.8 Å². The van der Waals surface area contributed by atoms with Crippen LogP contribution >= 0.6 is 47.2 Å². The zero-order valence-electron chi connectivity index (χ0n) is 14.6. The molecule has 0 unspecified atom stereocenters. The third-order valence-electron chi connectivity index (χ3n) is 4.25. The lowest BCUT2D eigenvalue weighted by Gasteiger charge is -2.39. The van der Waals surface area contributed by atoms with Crippen molar-refractivity contribution in [2.24, 2.45) is 4.99 Å². The van der Waals surface area contributed by atoms with E-state index in [4.69, 9.17) is 23.2 Å². The van der Waals surface area contributed by atoms with Crippen molar-refractivity contribution in [3.63, 3.8) is 0 Å². The van der Waals surface area contributed by atoms with Gasteiger partial charge in [-0.3, -0.25) is 4.99 Å². The molecule has 0 amide bonds. The molecule has 2 rings (SSSR count). The number of nitrogens with zero attached hydrogens (tertiary/aromatic N) is 2. The summed E-state index contributed by atoms with van der Waals surface area (Å²) in [5.41, 5.74) is 1.01. The van der Waals surface area contributed by atoms with E-state index in [9.17, 15) is 8.42 Å². The molecule has 25 heavy (non-hydrogen) atoms.